The van der Waals surface area contributed by atoms with Crippen LogP contribution < -0.4 is 5.73 Å². The van der Waals surface area contributed by atoms with Crippen molar-refractivity contribution in [3.63, 3.8) is 0 Å². The van der Waals surface area contributed by atoms with Gasteiger partial charge in [-0.2, -0.15) is 5.10 Å². The number of hydrogen-bond acceptors (Lipinski definition) is 4. The van der Waals surface area contributed by atoms with Crippen molar-refractivity contribution in [3.05, 3.63) is 47.4 Å². The maximum Gasteiger partial charge on any atom is 0.200 e. The minimum absolute atomic E-state index is 0.206. The Morgan fingerprint density at radius 3 is 2.89 bits per heavy atom. The monoisotopic (exact) mass is 265 g/mol. The molecule has 0 fully saturated rings. The highest BCUT2D eigenvalue weighted by Gasteiger charge is 2.14. The number of nitrogen functional groups attached to an aromatic ring is 1. The average molecular weight is 265 g/mol. The molecule has 102 valence electrons. The van der Waals surface area contributed by atoms with Gasteiger partial charge in [0, 0.05) is 18.2 Å². The molecular weight excluding hydrogens is 249 g/mol. The van der Waals surface area contributed by atoms with Crippen LogP contribution in [0.25, 0.3) is 0 Å². The molecule has 0 saturated carbocycles. The Morgan fingerprint density at radius 2 is 2.21 bits per heavy atom. The average Bonchev–Trinajstić information content (AvgIpc) is 2.74. The van der Waals surface area contributed by atoms with E-state index in [0.717, 1.165) is 0 Å². The lowest BCUT2D eigenvalue weighted by molar-refractivity contribution is -0.101. The first-order valence-corrected chi connectivity index (χ1v) is 5.98. The summed E-state index contributed by atoms with van der Waals surface area (Å²) in [6.07, 6.45) is -1.12. The van der Waals surface area contributed by atoms with E-state index in [4.69, 9.17) is 10.5 Å². The largest absolute Gasteiger partial charge is 0.384 e. The minimum atomic E-state index is -1.12. The Labute approximate surface area is 110 Å². The van der Waals surface area contributed by atoms with Crippen molar-refractivity contribution in [2.24, 2.45) is 0 Å². The normalized spacial score (nSPS) is 12.6. The SMILES string of the molecule is CCOC(O)c1cc(N)n(Cc2ccccc2F)n1. The maximum atomic E-state index is 13.5. The molecule has 6 heteroatoms. The molecule has 1 heterocycles. The molecule has 0 aliphatic rings. The Hall–Kier alpha value is -1.92. The van der Waals surface area contributed by atoms with E-state index in [1.807, 2.05) is 0 Å². The predicted molar refractivity (Wildman–Crippen MR) is 68.7 cm³/mol. The zero-order chi connectivity index (χ0) is 13.8. The topological polar surface area (TPSA) is 73.3 Å². The molecule has 3 N–H and O–H groups in total. The molecule has 0 radical (unpaired) electrons. The molecule has 1 aromatic carbocycles. The highest BCUT2D eigenvalue weighted by Crippen LogP contribution is 2.18. The highest BCUT2D eigenvalue weighted by molar-refractivity contribution is 5.32. The fraction of sp³-hybridized carbons (Fsp3) is 0.308. The standard InChI is InChI=1S/C13H16FN3O2/c1-2-19-13(18)11-7-12(15)17(16-11)8-9-5-3-4-6-10(9)14/h3-7,13,18H,2,8,15H2,1H3. The van der Waals surface area contributed by atoms with Gasteiger partial charge in [0.05, 0.1) is 6.54 Å². The number of nitrogens with zero attached hydrogens (tertiary/aromatic N) is 2. The van der Waals surface area contributed by atoms with Crippen LogP contribution in [0.3, 0.4) is 0 Å². The summed E-state index contributed by atoms with van der Waals surface area (Å²) in [5.41, 5.74) is 6.58. The van der Waals surface area contributed by atoms with Gasteiger partial charge in [-0.05, 0) is 13.0 Å². The van der Waals surface area contributed by atoms with Gasteiger partial charge in [-0.15, -0.1) is 0 Å². The van der Waals surface area contributed by atoms with Crippen LogP contribution in [0.2, 0.25) is 0 Å². The fourth-order valence-electron chi connectivity index (χ4n) is 1.73. The summed E-state index contributed by atoms with van der Waals surface area (Å²) in [5, 5.41) is 13.8. The number of rotatable bonds is 5. The first-order valence-electron chi connectivity index (χ1n) is 5.98. The third kappa shape index (κ3) is 3.10. The zero-order valence-electron chi connectivity index (χ0n) is 10.6. The Kier molecular flexibility index (Phi) is 4.13. The molecule has 0 bridgehead atoms. The summed E-state index contributed by atoms with van der Waals surface area (Å²) in [6.45, 7) is 2.33. The van der Waals surface area contributed by atoms with Crippen LogP contribution in [0.4, 0.5) is 10.2 Å². The third-order valence-corrected chi connectivity index (χ3v) is 2.69. The van der Waals surface area contributed by atoms with E-state index in [1.54, 1.807) is 25.1 Å². The summed E-state index contributed by atoms with van der Waals surface area (Å²) in [6, 6.07) is 7.92. The van der Waals surface area contributed by atoms with Crippen LogP contribution in [0, 0.1) is 5.82 Å². The van der Waals surface area contributed by atoms with Gasteiger partial charge >= 0.3 is 0 Å². The van der Waals surface area contributed by atoms with Crippen molar-refractivity contribution in [1.29, 1.82) is 0 Å². The second kappa shape index (κ2) is 5.81. The second-order valence-electron chi connectivity index (χ2n) is 4.05. The molecule has 0 aliphatic heterocycles. The van der Waals surface area contributed by atoms with Gasteiger partial charge in [-0.3, -0.25) is 0 Å². The van der Waals surface area contributed by atoms with Crippen LogP contribution in [0.1, 0.15) is 24.5 Å². The molecule has 1 aromatic heterocycles. The van der Waals surface area contributed by atoms with Gasteiger partial charge in [0.25, 0.3) is 0 Å². The van der Waals surface area contributed by atoms with E-state index < -0.39 is 6.29 Å². The number of aliphatic hydroxyl groups excluding tert-OH is 1. The first-order chi connectivity index (χ1) is 9.11. The number of benzene rings is 1. The number of ether oxygens (including phenoxy) is 1. The second-order valence-corrected chi connectivity index (χ2v) is 4.05. The van der Waals surface area contributed by atoms with Gasteiger partial charge < -0.3 is 15.6 Å². The van der Waals surface area contributed by atoms with Crippen molar-refractivity contribution < 1.29 is 14.2 Å². The molecule has 0 spiro atoms. The van der Waals surface area contributed by atoms with E-state index >= 15 is 0 Å². The van der Waals surface area contributed by atoms with Gasteiger partial charge in [-0.25, -0.2) is 9.07 Å². The molecule has 5 nitrogen and oxygen atoms in total. The van der Waals surface area contributed by atoms with Crippen LogP contribution in [-0.4, -0.2) is 21.5 Å². The van der Waals surface area contributed by atoms with E-state index in [0.29, 0.717) is 23.7 Å². The van der Waals surface area contributed by atoms with Gasteiger partial charge in [0.2, 0.25) is 0 Å². The summed E-state index contributed by atoms with van der Waals surface area (Å²) in [4.78, 5) is 0. The molecule has 1 atom stereocenters. The third-order valence-electron chi connectivity index (χ3n) is 2.69. The lowest BCUT2D eigenvalue weighted by Crippen LogP contribution is -2.09. The Morgan fingerprint density at radius 1 is 1.47 bits per heavy atom. The molecular formula is C13H16FN3O2. The smallest absolute Gasteiger partial charge is 0.200 e. The number of aliphatic hydroxyl groups is 1. The molecule has 1 unspecified atom stereocenters. The quantitative estimate of drug-likeness (QED) is 0.807. The summed E-state index contributed by atoms with van der Waals surface area (Å²) in [5.74, 6) is 0.0290. The van der Waals surface area contributed by atoms with Crippen LogP contribution in [-0.2, 0) is 11.3 Å². The summed E-state index contributed by atoms with van der Waals surface area (Å²) >= 11 is 0. The Balaban J connectivity index is 2.20. The molecule has 0 aliphatic carbocycles. The van der Waals surface area contributed by atoms with E-state index in [2.05, 4.69) is 5.10 Å². The van der Waals surface area contributed by atoms with Crippen molar-refractivity contribution in [3.8, 4) is 0 Å². The zero-order valence-corrected chi connectivity index (χ0v) is 10.6. The fourth-order valence-corrected chi connectivity index (χ4v) is 1.73. The number of hydrogen-bond donors (Lipinski definition) is 2. The lowest BCUT2D eigenvalue weighted by Gasteiger charge is -2.07. The minimum Gasteiger partial charge on any atom is -0.384 e. The van der Waals surface area contributed by atoms with Crippen LogP contribution in [0.5, 0.6) is 0 Å². The molecule has 2 aromatic rings. The Bertz CT molecular complexity index is 557. The molecule has 2 rings (SSSR count). The van der Waals surface area contributed by atoms with E-state index in [1.165, 1.54) is 16.8 Å². The predicted octanol–water partition coefficient (Wildman–Crippen LogP) is 1.68. The van der Waals surface area contributed by atoms with Gasteiger partial charge in [0.15, 0.2) is 6.29 Å². The van der Waals surface area contributed by atoms with E-state index in [9.17, 15) is 9.50 Å². The molecule has 0 saturated heterocycles. The van der Waals surface area contributed by atoms with Gasteiger partial charge in [0.1, 0.15) is 17.3 Å². The molecule has 0 amide bonds. The number of halogens is 1. The summed E-state index contributed by atoms with van der Waals surface area (Å²) < 4.78 is 20.0. The lowest BCUT2D eigenvalue weighted by atomic mass is 10.2. The maximum absolute atomic E-state index is 13.5. The number of aromatic nitrogens is 2. The number of nitrogens with two attached hydrogens (primary N) is 1. The highest BCUT2D eigenvalue weighted by atomic mass is 19.1. The van der Waals surface area contributed by atoms with E-state index in [-0.39, 0.29) is 12.4 Å². The van der Waals surface area contributed by atoms with Crippen LogP contribution >= 0.6 is 0 Å². The van der Waals surface area contributed by atoms with Crippen molar-refractivity contribution in [2.45, 2.75) is 19.8 Å². The number of anilines is 1. The summed E-state index contributed by atoms with van der Waals surface area (Å²) in [7, 11) is 0. The van der Waals surface area contributed by atoms with Crippen molar-refractivity contribution in [1.82, 2.24) is 9.78 Å². The van der Waals surface area contributed by atoms with Gasteiger partial charge in [-0.1, -0.05) is 18.2 Å². The molecule has 19 heavy (non-hydrogen) atoms. The first kappa shape index (κ1) is 13.5. The van der Waals surface area contributed by atoms with Crippen molar-refractivity contribution in [2.75, 3.05) is 12.3 Å². The van der Waals surface area contributed by atoms with Crippen molar-refractivity contribution >= 4 is 5.82 Å². The van der Waals surface area contributed by atoms with Crippen LogP contribution in [0.15, 0.2) is 30.3 Å².